The minimum absolute atomic E-state index is 0.298. The number of rotatable bonds is 4. The summed E-state index contributed by atoms with van der Waals surface area (Å²) in [6.07, 6.45) is 1.67. The molecular weight excluding hydrogens is 283 g/mol. The van der Waals surface area contributed by atoms with Crippen molar-refractivity contribution in [2.24, 2.45) is 0 Å². The highest BCUT2D eigenvalue weighted by Gasteiger charge is 2.07. The van der Waals surface area contributed by atoms with Crippen LogP contribution in [0.3, 0.4) is 0 Å². The third-order valence-electron chi connectivity index (χ3n) is 2.29. The molecule has 0 spiro atoms. The first-order valence-corrected chi connectivity index (χ1v) is 6.62. The topological polar surface area (TPSA) is 49.8 Å². The van der Waals surface area contributed by atoms with Gasteiger partial charge in [-0.3, -0.25) is 0 Å². The molecule has 2 rings (SSSR count). The van der Waals surface area contributed by atoms with Gasteiger partial charge in [0.25, 0.3) is 0 Å². The molecule has 0 saturated carbocycles. The van der Waals surface area contributed by atoms with Gasteiger partial charge < -0.3 is 10.6 Å². The van der Waals surface area contributed by atoms with Gasteiger partial charge in [0.15, 0.2) is 0 Å². The highest BCUT2D eigenvalue weighted by molar-refractivity contribution is 6.39. The Morgan fingerprint density at radius 3 is 2.42 bits per heavy atom. The van der Waals surface area contributed by atoms with E-state index in [1.54, 1.807) is 30.5 Å². The lowest BCUT2D eigenvalue weighted by Crippen LogP contribution is -2.11. The first-order chi connectivity index (χ1) is 9.06. The molecular formula is C13H14Cl2N4. The summed E-state index contributed by atoms with van der Waals surface area (Å²) < 4.78 is 0. The van der Waals surface area contributed by atoms with Crippen LogP contribution in [-0.4, -0.2) is 16.0 Å². The monoisotopic (exact) mass is 296 g/mol. The number of benzene rings is 1. The summed E-state index contributed by atoms with van der Waals surface area (Å²) in [5.41, 5.74) is 0.604. The fraction of sp³-hybridized carbons (Fsp3) is 0.231. The number of halogens is 2. The van der Waals surface area contributed by atoms with Crippen LogP contribution in [0.2, 0.25) is 10.0 Å². The number of nitrogens with one attached hydrogen (secondary N) is 2. The number of hydrogen-bond donors (Lipinski definition) is 2. The summed E-state index contributed by atoms with van der Waals surface area (Å²) in [7, 11) is 0. The first-order valence-electron chi connectivity index (χ1n) is 5.87. The predicted octanol–water partition coefficient (Wildman–Crippen LogP) is 4.35. The summed E-state index contributed by atoms with van der Waals surface area (Å²) >= 11 is 12.2. The molecule has 2 aromatic rings. The summed E-state index contributed by atoms with van der Waals surface area (Å²) in [6.45, 7) is 4.08. The SMILES string of the molecule is CC(C)Nc1ccnc(Nc2c(Cl)cccc2Cl)n1. The fourth-order valence-corrected chi connectivity index (χ4v) is 2.02. The van der Waals surface area contributed by atoms with E-state index in [0.29, 0.717) is 27.7 Å². The Hall–Kier alpha value is -1.52. The maximum Gasteiger partial charge on any atom is 0.229 e. The standard InChI is InChI=1S/C13H14Cl2N4/c1-8(2)17-11-6-7-16-13(18-11)19-12-9(14)4-3-5-10(12)15/h3-8H,1-2H3,(H2,16,17,18,19). The molecule has 0 aliphatic heterocycles. The summed E-state index contributed by atoms with van der Waals surface area (Å²) in [6, 6.07) is 7.40. The lowest BCUT2D eigenvalue weighted by molar-refractivity contribution is 0.887. The van der Waals surface area contributed by atoms with E-state index >= 15 is 0 Å². The molecule has 1 aromatic heterocycles. The molecule has 100 valence electrons. The summed E-state index contributed by atoms with van der Waals surface area (Å²) in [4.78, 5) is 8.48. The average molecular weight is 297 g/mol. The van der Waals surface area contributed by atoms with Crippen molar-refractivity contribution in [3.63, 3.8) is 0 Å². The van der Waals surface area contributed by atoms with Crippen LogP contribution in [0.4, 0.5) is 17.5 Å². The number of aromatic nitrogens is 2. The van der Waals surface area contributed by atoms with Crippen molar-refractivity contribution < 1.29 is 0 Å². The lowest BCUT2D eigenvalue weighted by atomic mass is 10.3. The number of anilines is 3. The van der Waals surface area contributed by atoms with E-state index in [1.165, 1.54) is 0 Å². The average Bonchev–Trinajstić information content (AvgIpc) is 2.34. The van der Waals surface area contributed by atoms with E-state index in [1.807, 2.05) is 13.8 Å². The Kier molecular flexibility index (Phi) is 4.45. The van der Waals surface area contributed by atoms with E-state index in [4.69, 9.17) is 23.2 Å². The van der Waals surface area contributed by atoms with Gasteiger partial charge in [0.05, 0.1) is 15.7 Å². The third-order valence-corrected chi connectivity index (χ3v) is 2.92. The molecule has 19 heavy (non-hydrogen) atoms. The molecule has 0 unspecified atom stereocenters. The van der Waals surface area contributed by atoms with Crippen molar-refractivity contribution in [1.29, 1.82) is 0 Å². The third kappa shape index (κ3) is 3.72. The van der Waals surface area contributed by atoms with Crippen molar-refractivity contribution >= 4 is 40.7 Å². The molecule has 2 N–H and O–H groups in total. The predicted molar refractivity (Wildman–Crippen MR) is 80.5 cm³/mol. The van der Waals surface area contributed by atoms with Crippen LogP contribution in [0.15, 0.2) is 30.5 Å². The summed E-state index contributed by atoms with van der Waals surface area (Å²) in [5, 5.41) is 7.28. The van der Waals surface area contributed by atoms with Gasteiger partial charge in [-0.2, -0.15) is 4.98 Å². The lowest BCUT2D eigenvalue weighted by Gasteiger charge is -2.12. The number of hydrogen-bond acceptors (Lipinski definition) is 4. The zero-order valence-corrected chi connectivity index (χ0v) is 12.1. The van der Waals surface area contributed by atoms with Crippen LogP contribution in [0.5, 0.6) is 0 Å². The normalized spacial score (nSPS) is 10.6. The van der Waals surface area contributed by atoms with Crippen LogP contribution >= 0.6 is 23.2 Å². The van der Waals surface area contributed by atoms with Crippen LogP contribution in [-0.2, 0) is 0 Å². The van der Waals surface area contributed by atoms with Crippen molar-refractivity contribution in [2.45, 2.75) is 19.9 Å². The number of para-hydroxylation sites is 1. The van der Waals surface area contributed by atoms with Gasteiger partial charge in [0.2, 0.25) is 5.95 Å². The van der Waals surface area contributed by atoms with Crippen molar-refractivity contribution in [3.8, 4) is 0 Å². The Labute approximate surface area is 122 Å². The molecule has 1 aromatic carbocycles. The smallest absolute Gasteiger partial charge is 0.229 e. The van der Waals surface area contributed by atoms with E-state index in [2.05, 4.69) is 20.6 Å². The molecule has 0 bridgehead atoms. The molecule has 0 radical (unpaired) electrons. The molecule has 0 atom stereocenters. The van der Waals surface area contributed by atoms with Gasteiger partial charge in [0.1, 0.15) is 5.82 Å². The molecule has 0 amide bonds. The van der Waals surface area contributed by atoms with Gasteiger partial charge in [-0.1, -0.05) is 29.3 Å². The highest BCUT2D eigenvalue weighted by Crippen LogP contribution is 2.31. The van der Waals surface area contributed by atoms with E-state index in [-0.39, 0.29) is 0 Å². The molecule has 0 aliphatic carbocycles. The van der Waals surface area contributed by atoms with Gasteiger partial charge in [0, 0.05) is 12.2 Å². The van der Waals surface area contributed by atoms with Gasteiger partial charge in [-0.15, -0.1) is 0 Å². The Morgan fingerprint density at radius 1 is 1.11 bits per heavy atom. The maximum absolute atomic E-state index is 6.09. The van der Waals surface area contributed by atoms with Gasteiger partial charge >= 0.3 is 0 Å². The van der Waals surface area contributed by atoms with Crippen molar-refractivity contribution in [2.75, 3.05) is 10.6 Å². The quantitative estimate of drug-likeness (QED) is 0.881. The van der Waals surface area contributed by atoms with E-state index < -0.39 is 0 Å². The highest BCUT2D eigenvalue weighted by atomic mass is 35.5. The minimum atomic E-state index is 0.298. The van der Waals surface area contributed by atoms with Crippen molar-refractivity contribution in [1.82, 2.24) is 9.97 Å². The molecule has 0 aliphatic rings. The van der Waals surface area contributed by atoms with Crippen LogP contribution < -0.4 is 10.6 Å². The molecule has 1 heterocycles. The second-order valence-corrected chi connectivity index (χ2v) is 5.10. The molecule has 4 nitrogen and oxygen atoms in total. The van der Waals surface area contributed by atoms with Gasteiger partial charge in [-0.25, -0.2) is 4.98 Å². The Morgan fingerprint density at radius 2 is 1.79 bits per heavy atom. The number of nitrogens with zero attached hydrogens (tertiary/aromatic N) is 2. The van der Waals surface area contributed by atoms with Crippen LogP contribution in [0.1, 0.15) is 13.8 Å². The maximum atomic E-state index is 6.09. The molecule has 6 heteroatoms. The molecule has 0 fully saturated rings. The zero-order valence-electron chi connectivity index (χ0n) is 10.6. The molecule has 0 saturated heterocycles. The van der Waals surface area contributed by atoms with Crippen molar-refractivity contribution in [3.05, 3.63) is 40.5 Å². The zero-order chi connectivity index (χ0) is 13.8. The largest absolute Gasteiger partial charge is 0.368 e. The summed E-state index contributed by atoms with van der Waals surface area (Å²) in [5.74, 6) is 1.19. The van der Waals surface area contributed by atoms with E-state index in [0.717, 1.165) is 5.82 Å². The second-order valence-electron chi connectivity index (χ2n) is 4.29. The Bertz CT molecular complexity index is 552. The fourth-order valence-electron chi connectivity index (χ4n) is 1.52. The Balaban J connectivity index is 2.24. The minimum Gasteiger partial charge on any atom is -0.368 e. The second kappa shape index (κ2) is 6.08. The van der Waals surface area contributed by atoms with E-state index in [9.17, 15) is 0 Å². The van der Waals surface area contributed by atoms with Crippen LogP contribution in [0, 0.1) is 0 Å². The van der Waals surface area contributed by atoms with Crippen LogP contribution in [0.25, 0.3) is 0 Å². The van der Waals surface area contributed by atoms with Gasteiger partial charge in [-0.05, 0) is 32.0 Å². The first kappa shape index (κ1) is 13.9.